The number of nitrogens with zero attached hydrogens (tertiary/aromatic N) is 1. The fourth-order valence-corrected chi connectivity index (χ4v) is 5.76. The highest BCUT2D eigenvalue weighted by Gasteiger charge is 2.40. The van der Waals surface area contributed by atoms with Crippen molar-refractivity contribution in [3.05, 3.63) is 15.9 Å². The lowest BCUT2D eigenvalue weighted by molar-refractivity contribution is 0.347. The van der Waals surface area contributed by atoms with Crippen LogP contribution in [0.2, 0.25) is 0 Å². The van der Waals surface area contributed by atoms with Gasteiger partial charge in [0, 0.05) is 12.1 Å². The average molecular weight is 324 g/mol. The first-order valence-corrected chi connectivity index (χ1v) is 8.27. The molecule has 0 N–H and O–H groups in total. The Kier molecular flexibility index (Phi) is 3.45. The zero-order valence-corrected chi connectivity index (χ0v) is 12.4. The van der Waals surface area contributed by atoms with Crippen molar-refractivity contribution in [2.45, 2.75) is 43.0 Å². The van der Waals surface area contributed by atoms with Crippen LogP contribution in [0.25, 0.3) is 0 Å². The topological polar surface area (TPSA) is 37.4 Å². The molecule has 0 unspecified atom stereocenters. The molecule has 1 aromatic rings. The molecular weight excluding hydrogens is 310 g/mol. The zero-order valence-electron chi connectivity index (χ0n) is 9.18. The lowest BCUT2D eigenvalue weighted by atomic mass is 10.4. The summed E-state index contributed by atoms with van der Waals surface area (Å²) in [5.74, 6) is 0. The molecule has 1 saturated carbocycles. The van der Waals surface area contributed by atoms with Gasteiger partial charge >= 0.3 is 0 Å². The molecule has 0 aliphatic heterocycles. The van der Waals surface area contributed by atoms with E-state index in [1.165, 1.54) is 11.3 Å². The largest absolute Gasteiger partial charge is 0.253 e. The standard InChI is InChI=1S/C10H14BrNO2S2/c1-7(2)12(8-3-4-8)16(13,14)10-6-5-9(11)15-10/h5-8H,3-4H2,1-2H3. The van der Waals surface area contributed by atoms with Crippen LogP contribution in [-0.2, 0) is 10.0 Å². The first kappa shape index (κ1) is 12.5. The van der Waals surface area contributed by atoms with E-state index in [0.29, 0.717) is 4.21 Å². The summed E-state index contributed by atoms with van der Waals surface area (Å²) in [5.41, 5.74) is 0. The van der Waals surface area contributed by atoms with Crippen molar-refractivity contribution in [3.8, 4) is 0 Å². The van der Waals surface area contributed by atoms with E-state index < -0.39 is 10.0 Å². The minimum atomic E-state index is -3.29. The van der Waals surface area contributed by atoms with Gasteiger partial charge in [-0.05, 0) is 54.8 Å². The number of hydrogen-bond donors (Lipinski definition) is 0. The van der Waals surface area contributed by atoms with Gasteiger partial charge in [0.15, 0.2) is 0 Å². The summed E-state index contributed by atoms with van der Waals surface area (Å²) < 4.78 is 27.7. The molecule has 1 heterocycles. The first-order valence-electron chi connectivity index (χ1n) is 5.22. The Balaban J connectivity index is 2.36. The first-order chi connectivity index (χ1) is 7.43. The molecular formula is C10H14BrNO2S2. The van der Waals surface area contributed by atoms with Gasteiger partial charge in [0.2, 0.25) is 0 Å². The molecule has 1 aromatic heterocycles. The highest BCUT2D eigenvalue weighted by molar-refractivity contribution is 9.11. The Bertz CT molecular complexity index is 475. The van der Waals surface area contributed by atoms with Gasteiger partial charge in [-0.1, -0.05) is 0 Å². The Morgan fingerprint density at radius 1 is 1.44 bits per heavy atom. The quantitative estimate of drug-likeness (QED) is 0.853. The normalized spacial score (nSPS) is 17.3. The maximum Gasteiger partial charge on any atom is 0.253 e. The molecule has 2 rings (SSSR count). The van der Waals surface area contributed by atoms with Gasteiger partial charge in [0.1, 0.15) is 4.21 Å². The second kappa shape index (κ2) is 4.40. The fourth-order valence-electron chi connectivity index (χ4n) is 1.76. The molecule has 90 valence electrons. The summed E-state index contributed by atoms with van der Waals surface area (Å²) in [4.78, 5) is 0. The molecule has 0 aromatic carbocycles. The maximum absolute atomic E-state index is 12.4. The lowest BCUT2D eigenvalue weighted by Crippen LogP contribution is -2.38. The third kappa shape index (κ3) is 2.34. The van der Waals surface area contributed by atoms with Gasteiger partial charge in [0.25, 0.3) is 10.0 Å². The highest BCUT2D eigenvalue weighted by atomic mass is 79.9. The van der Waals surface area contributed by atoms with E-state index in [-0.39, 0.29) is 12.1 Å². The molecule has 1 aliphatic rings. The monoisotopic (exact) mass is 323 g/mol. The minimum Gasteiger partial charge on any atom is -0.206 e. The number of rotatable bonds is 4. The Hall–Kier alpha value is 0.0900. The average Bonchev–Trinajstić information content (AvgIpc) is 2.86. The van der Waals surface area contributed by atoms with E-state index >= 15 is 0 Å². The van der Waals surface area contributed by atoms with Crippen molar-refractivity contribution in [2.75, 3.05) is 0 Å². The van der Waals surface area contributed by atoms with E-state index in [9.17, 15) is 8.42 Å². The van der Waals surface area contributed by atoms with E-state index in [4.69, 9.17) is 0 Å². The van der Waals surface area contributed by atoms with Crippen LogP contribution in [0.1, 0.15) is 26.7 Å². The Morgan fingerprint density at radius 3 is 2.44 bits per heavy atom. The second-order valence-corrected chi connectivity index (χ2v) is 8.75. The smallest absolute Gasteiger partial charge is 0.206 e. The van der Waals surface area contributed by atoms with Crippen LogP contribution in [0.3, 0.4) is 0 Å². The van der Waals surface area contributed by atoms with Gasteiger partial charge in [0.05, 0.1) is 3.79 Å². The number of halogens is 1. The van der Waals surface area contributed by atoms with Gasteiger partial charge in [-0.15, -0.1) is 11.3 Å². The molecule has 0 spiro atoms. The van der Waals surface area contributed by atoms with Crippen molar-refractivity contribution in [1.82, 2.24) is 4.31 Å². The number of hydrogen-bond acceptors (Lipinski definition) is 3. The SMILES string of the molecule is CC(C)N(C1CC1)S(=O)(=O)c1ccc(Br)s1. The Morgan fingerprint density at radius 2 is 2.06 bits per heavy atom. The molecule has 0 amide bonds. The van der Waals surface area contributed by atoms with Crippen LogP contribution < -0.4 is 0 Å². The van der Waals surface area contributed by atoms with Crippen molar-refractivity contribution < 1.29 is 8.42 Å². The van der Waals surface area contributed by atoms with Crippen LogP contribution >= 0.6 is 27.3 Å². The molecule has 6 heteroatoms. The summed E-state index contributed by atoms with van der Waals surface area (Å²) in [5, 5.41) is 0. The van der Waals surface area contributed by atoms with Gasteiger partial charge in [-0.25, -0.2) is 8.42 Å². The van der Waals surface area contributed by atoms with Crippen molar-refractivity contribution in [1.29, 1.82) is 0 Å². The van der Waals surface area contributed by atoms with Crippen LogP contribution in [0.15, 0.2) is 20.1 Å². The van der Waals surface area contributed by atoms with E-state index in [2.05, 4.69) is 15.9 Å². The number of thiophene rings is 1. The summed E-state index contributed by atoms with van der Waals surface area (Å²) in [6, 6.07) is 3.69. The maximum atomic E-state index is 12.4. The van der Waals surface area contributed by atoms with E-state index in [0.717, 1.165) is 16.6 Å². The summed E-state index contributed by atoms with van der Waals surface area (Å²) in [6.07, 6.45) is 1.98. The molecule has 0 bridgehead atoms. The zero-order chi connectivity index (χ0) is 11.9. The molecule has 0 radical (unpaired) electrons. The summed E-state index contributed by atoms with van der Waals surface area (Å²) in [7, 11) is -3.29. The summed E-state index contributed by atoms with van der Waals surface area (Å²) >= 11 is 4.57. The van der Waals surface area contributed by atoms with Crippen LogP contribution in [0.5, 0.6) is 0 Å². The molecule has 16 heavy (non-hydrogen) atoms. The minimum absolute atomic E-state index is 0.0263. The molecule has 1 aliphatic carbocycles. The Labute approximate surface area is 109 Å². The van der Waals surface area contributed by atoms with E-state index in [1.807, 2.05) is 13.8 Å². The molecule has 0 atom stereocenters. The van der Waals surface area contributed by atoms with Crippen molar-refractivity contribution >= 4 is 37.3 Å². The van der Waals surface area contributed by atoms with Gasteiger partial charge in [-0.2, -0.15) is 4.31 Å². The van der Waals surface area contributed by atoms with E-state index in [1.54, 1.807) is 16.4 Å². The van der Waals surface area contributed by atoms with Crippen LogP contribution in [-0.4, -0.2) is 24.8 Å². The third-order valence-corrected chi connectivity index (χ3v) is 6.72. The third-order valence-electron chi connectivity index (χ3n) is 2.50. The molecule has 1 fully saturated rings. The number of sulfonamides is 1. The predicted octanol–water partition coefficient (Wildman–Crippen LogP) is 3.07. The second-order valence-electron chi connectivity index (χ2n) is 4.22. The fraction of sp³-hybridized carbons (Fsp3) is 0.600. The van der Waals surface area contributed by atoms with Crippen molar-refractivity contribution in [3.63, 3.8) is 0 Å². The lowest BCUT2D eigenvalue weighted by Gasteiger charge is -2.24. The van der Waals surface area contributed by atoms with Crippen LogP contribution in [0.4, 0.5) is 0 Å². The van der Waals surface area contributed by atoms with Gasteiger partial charge < -0.3 is 0 Å². The predicted molar refractivity (Wildman–Crippen MR) is 69.2 cm³/mol. The summed E-state index contributed by atoms with van der Waals surface area (Å²) in [6.45, 7) is 3.86. The van der Waals surface area contributed by atoms with Crippen LogP contribution in [0, 0.1) is 0 Å². The molecule has 3 nitrogen and oxygen atoms in total. The van der Waals surface area contributed by atoms with Crippen molar-refractivity contribution in [2.24, 2.45) is 0 Å². The molecule has 0 saturated heterocycles. The highest BCUT2D eigenvalue weighted by Crippen LogP contribution is 2.36. The van der Waals surface area contributed by atoms with Gasteiger partial charge in [-0.3, -0.25) is 0 Å².